The monoisotopic (exact) mass is 508 g/mol. The number of ether oxygens (including phenoxy) is 2. The van der Waals surface area contributed by atoms with Gasteiger partial charge in [-0.1, -0.05) is 0 Å². The van der Waals surface area contributed by atoms with Crippen molar-refractivity contribution in [2.24, 2.45) is 0 Å². The summed E-state index contributed by atoms with van der Waals surface area (Å²) in [5, 5.41) is 4.13. The Morgan fingerprint density at radius 3 is 2.94 bits per heavy atom. The number of H-pyrrole nitrogens is 1. The van der Waals surface area contributed by atoms with Gasteiger partial charge in [0.25, 0.3) is 0 Å². The Bertz CT molecular complexity index is 1470. The molecular weight excluding hydrogens is 483 g/mol. The number of rotatable bonds is 4. The lowest BCUT2D eigenvalue weighted by atomic mass is 10.1. The third-order valence-electron chi connectivity index (χ3n) is 7.27. The summed E-state index contributed by atoms with van der Waals surface area (Å²) in [5.74, 6) is 0.701. The number of hydrogen-bond acceptors (Lipinski definition) is 9. The van der Waals surface area contributed by atoms with Gasteiger partial charge in [-0.15, -0.1) is 11.3 Å². The topological polar surface area (TPSA) is 95.6 Å². The van der Waals surface area contributed by atoms with E-state index in [1.54, 1.807) is 23.6 Å². The van der Waals surface area contributed by atoms with Gasteiger partial charge in [-0.3, -0.25) is 9.69 Å². The number of benzene rings is 1. The minimum absolute atomic E-state index is 0.147. The average Bonchev–Trinajstić information content (AvgIpc) is 3.63. The number of esters is 1. The van der Waals surface area contributed by atoms with Crippen LogP contribution in [0.1, 0.15) is 4.88 Å². The van der Waals surface area contributed by atoms with E-state index in [4.69, 9.17) is 19.4 Å². The summed E-state index contributed by atoms with van der Waals surface area (Å²) in [6, 6.07) is 7.07. The summed E-state index contributed by atoms with van der Waals surface area (Å²) in [5.41, 5.74) is 2.06. The molecule has 0 amide bonds. The molecule has 3 aromatic heterocycles. The van der Waals surface area contributed by atoms with Crippen molar-refractivity contribution < 1.29 is 18.7 Å². The Balaban J connectivity index is 1.32. The van der Waals surface area contributed by atoms with Crippen molar-refractivity contribution in [3.05, 3.63) is 41.2 Å². The lowest BCUT2D eigenvalue weighted by molar-refractivity contribution is -0.139. The molecule has 3 saturated heterocycles. The SMILES string of the molecule is O=C1OCN2C(Cc3cc4nc(-c5c(F)ccc6[nH]ccc56)nc(N5CCOCC5)c4s3)CNCC12. The van der Waals surface area contributed by atoms with Gasteiger partial charge >= 0.3 is 5.97 Å². The highest BCUT2D eigenvalue weighted by atomic mass is 32.1. The third-order valence-corrected chi connectivity index (χ3v) is 8.42. The highest BCUT2D eigenvalue weighted by Gasteiger charge is 2.41. The molecule has 0 saturated carbocycles. The number of fused-ring (bicyclic) bond motifs is 3. The standard InChI is InChI=1S/C25H25FN6O3S/c26-17-1-2-18-16(3-4-28-18)21(17)23-29-19-10-15(9-14-11-27-12-20-25(33)35-13-32(14)20)36-22(19)24(30-23)31-5-7-34-8-6-31/h1-4,10,14,20,27-28H,5-9,11-13H2. The predicted octanol–water partition coefficient (Wildman–Crippen LogP) is 2.51. The summed E-state index contributed by atoms with van der Waals surface area (Å²) < 4.78 is 27.0. The number of morpholine rings is 1. The quantitative estimate of drug-likeness (QED) is 0.406. The van der Waals surface area contributed by atoms with Crippen molar-refractivity contribution in [3.63, 3.8) is 0 Å². The number of carbonyl (C=O) groups is 1. The van der Waals surface area contributed by atoms with Crippen LogP contribution in [0.2, 0.25) is 0 Å². The fraction of sp³-hybridized carbons (Fsp3) is 0.400. The maximum atomic E-state index is 15.2. The van der Waals surface area contributed by atoms with Crippen molar-refractivity contribution in [2.45, 2.75) is 18.5 Å². The highest BCUT2D eigenvalue weighted by molar-refractivity contribution is 7.19. The van der Waals surface area contributed by atoms with E-state index in [9.17, 15) is 4.79 Å². The normalized spacial score (nSPS) is 22.9. The highest BCUT2D eigenvalue weighted by Crippen LogP contribution is 2.37. The lowest BCUT2D eigenvalue weighted by Crippen LogP contribution is -2.56. The number of nitrogens with one attached hydrogen (secondary N) is 2. The van der Waals surface area contributed by atoms with E-state index >= 15 is 4.39 Å². The van der Waals surface area contributed by atoms with Gasteiger partial charge in [0, 0.05) is 54.2 Å². The van der Waals surface area contributed by atoms with Gasteiger partial charge in [-0.05, 0) is 30.7 Å². The van der Waals surface area contributed by atoms with E-state index in [2.05, 4.69) is 26.2 Å². The lowest BCUT2D eigenvalue weighted by Gasteiger charge is -2.34. The van der Waals surface area contributed by atoms with Crippen LogP contribution < -0.4 is 10.2 Å². The second kappa shape index (κ2) is 8.77. The van der Waals surface area contributed by atoms with Crippen LogP contribution in [-0.2, 0) is 20.7 Å². The summed E-state index contributed by atoms with van der Waals surface area (Å²) in [6.07, 6.45) is 2.57. The second-order valence-electron chi connectivity index (χ2n) is 9.40. The molecule has 3 fully saturated rings. The van der Waals surface area contributed by atoms with Crippen LogP contribution in [0.5, 0.6) is 0 Å². The summed E-state index contributed by atoms with van der Waals surface area (Å²) in [4.78, 5) is 30.5. The Labute approximate surface area is 210 Å². The second-order valence-corrected chi connectivity index (χ2v) is 10.5. The van der Waals surface area contributed by atoms with Crippen LogP contribution in [0.4, 0.5) is 10.2 Å². The first-order chi connectivity index (χ1) is 17.7. The maximum absolute atomic E-state index is 15.2. The molecule has 0 bridgehead atoms. The summed E-state index contributed by atoms with van der Waals surface area (Å²) in [6.45, 7) is 4.43. The van der Waals surface area contributed by atoms with E-state index in [0.717, 1.165) is 57.9 Å². The van der Waals surface area contributed by atoms with E-state index in [1.165, 1.54) is 6.07 Å². The molecule has 36 heavy (non-hydrogen) atoms. The van der Waals surface area contributed by atoms with Crippen molar-refractivity contribution >= 4 is 44.2 Å². The first-order valence-corrected chi connectivity index (χ1v) is 13.0. The molecular formula is C25H25FN6O3S. The van der Waals surface area contributed by atoms with E-state index < -0.39 is 0 Å². The van der Waals surface area contributed by atoms with Crippen LogP contribution in [0.25, 0.3) is 32.5 Å². The molecule has 6 heterocycles. The fourth-order valence-corrected chi connectivity index (χ4v) is 6.63. The molecule has 9 nitrogen and oxygen atoms in total. The van der Waals surface area contributed by atoms with Gasteiger partial charge in [-0.2, -0.15) is 0 Å². The first kappa shape index (κ1) is 22.1. The Morgan fingerprint density at radius 2 is 2.06 bits per heavy atom. The zero-order chi connectivity index (χ0) is 24.2. The zero-order valence-electron chi connectivity index (χ0n) is 19.5. The van der Waals surface area contributed by atoms with E-state index in [1.807, 2.05) is 6.07 Å². The number of aromatic nitrogens is 3. The molecule has 0 aliphatic carbocycles. The number of hydrogen-bond donors (Lipinski definition) is 2. The molecule has 186 valence electrons. The van der Waals surface area contributed by atoms with Gasteiger partial charge < -0.3 is 24.7 Å². The molecule has 2 unspecified atom stereocenters. The van der Waals surface area contributed by atoms with Crippen molar-refractivity contribution in [1.82, 2.24) is 25.2 Å². The summed E-state index contributed by atoms with van der Waals surface area (Å²) >= 11 is 1.67. The average molecular weight is 509 g/mol. The number of cyclic esters (lactones) is 1. The number of anilines is 1. The van der Waals surface area contributed by atoms with Gasteiger partial charge in [0.15, 0.2) is 11.6 Å². The summed E-state index contributed by atoms with van der Waals surface area (Å²) in [7, 11) is 0. The molecule has 11 heteroatoms. The largest absolute Gasteiger partial charge is 0.448 e. The smallest absolute Gasteiger partial charge is 0.326 e. The molecule has 2 atom stereocenters. The van der Waals surface area contributed by atoms with Crippen LogP contribution in [-0.4, -0.2) is 84.0 Å². The van der Waals surface area contributed by atoms with Gasteiger partial charge in [0.1, 0.15) is 18.6 Å². The minimum Gasteiger partial charge on any atom is -0.448 e. The molecule has 1 aromatic carbocycles. The number of aromatic amines is 1. The van der Waals surface area contributed by atoms with Crippen LogP contribution >= 0.6 is 11.3 Å². The Morgan fingerprint density at radius 1 is 1.17 bits per heavy atom. The van der Waals surface area contributed by atoms with E-state index in [-0.39, 0.29) is 23.9 Å². The Hall–Kier alpha value is -3.12. The third kappa shape index (κ3) is 3.65. The molecule has 0 spiro atoms. The number of thiophene rings is 1. The van der Waals surface area contributed by atoms with Gasteiger partial charge in [0.2, 0.25) is 0 Å². The van der Waals surface area contributed by atoms with Crippen molar-refractivity contribution in [1.29, 1.82) is 0 Å². The fourth-order valence-electron chi connectivity index (χ4n) is 5.45. The number of carbonyl (C=O) groups excluding carboxylic acids is 1. The number of nitrogens with zero attached hydrogens (tertiary/aromatic N) is 4. The number of piperazine rings is 1. The van der Waals surface area contributed by atoms with Crippen LogP contribution in [0.15, 0.2) is 30.5 Å². The molecule has 7 rings (SSSR count). The van der Waals surface area contributed by atoms with Gasteiger partial charge in [0.05, 0.1) is 29.0 Å². The maximum Gasteiger partial charge on any atom is 0.326 e. The molecule has 2 N–H and O–H groups in total. The molecule has 3 aliphatic heterocycles. The minimum atomic E-state index is -0.345. The first-order valence-electron chi connectivity index (χ1n) is 12.2. The van der Waals surface area contributed by atoms with Crippen molar-refractivity contribution in [3.8, 4) is 11.4 Å². The zero-order valence-corrected chi connectivity index (χ0v) is 20.3. The van der Waals surface area contributed by atoms with Crippen molar-refractivity contribution in [2.75, 3.05) is 51.0 Å². The Kier molecular flexibility index (Phi) is 5.38. The molecule has 3 aliphatic rings. The van der Waals surface area contributed by atoms with Crippen LogP contribution in [0, 0.1) is 5.82 Å². The number of halogens is 1. The van der Waals surface area contributed by atoms with Gasteiger partial charge in [-0.25, -0.2) is 14.4 Å². The van der Waals surface area contributed by atoms with E-state index in [0.29, 0.717) is 37.9 Å². The molecule has 0 radical (unpaired) electrons. The predicted molar refractivity (Wildman–Crippen MR) is 135 cm³/mol. The molecule has 4 aromatic rings. The van der Waals surface area contributed by atoms with Crippen LogP contribution in [0.3, 0.4) is 0 Å².